The van der Waals surface area contributed by atoms with Gasteiger partial charge in [0.15, 0.2) is 24.6 Å². The molecule has 406 valence electrons. The van der Waals surface area contributed by atoms with E-state index in [1.165, 1.54) is 12.1 Å². The topological polar surface area (TPSA) is 206 Å². The number of ether oxygens (including phenoxy) is 11. The Balaban J connectivity index is 1.35. The van der Waals surface area contributed by atoms with Crippen molar-refractivity contribution in [2.45, 2.75) is 88.8 Å². The molecular weight excluding hydrogens is 1140 g/mol. The van der Waals surface area contributed by atoms with E-state index in [1.807, 2.05) is 42.5 Å². The molecular formula is C52H49Cl7N2O15. The van der Waals surface area contributed by atoms with Gasteiger partial charge in [0.1, 0.15) is 42.9 Å². The lowest BCUT2D eigenvalue weighted by Gasteiger charge is -2.49. The first kappa shape index (κ1) is 59.0. The average molecular weight is 1190 g/mol. The van der Waals surface area contributed by atoms with Crippen LogP contribution in [0, 0.1) is 5.41 Å². The van der Waals surface area contributed by atoms with Crippen molar-refractivity contribution in [2.24, 2.45) is 0 Å². The Morgan fingerprint density at radius 1 is 0.632 bits per heavy atom. The maximum absolute atomic E-state index is 14.1. The number of hydrogen-bond acceptors (Lipinski definition) is 16. The number of alkyl halides is 7. The molecule has 24 heteroatoms. The number of carbonyl (C=O) groups is 4. The van der Waals surface area contributed by atoms with Crippen LogP contribution >= 0.6 is 81.2 Å². The van der Waals surface area contributed by atoms with E-state index >= 15 is 0 Å². The molecule has 0 saturated carbocycles. The minimum Gasteiger partial charge on any atom is -0.467 e. The van der Waals surface area contributed by atoms with Gasteiger partial charge in [-0.1, -0.05) is 185 Å². The number of esters is 3. The summed E-state index contributed by atoms with van der Waals surface area (Å²) in [5.41, 5.74) is 2.07. The fourth-order valence-corrected chi connectivity index (χ4v) is 8.45. The predicted molar refractivity (Wildman–Crippen MR) is 282 cm³/mol. The number of alkyl carbamates (subject to hydrolysis) is 1. The third-order valence-electron chi connectivity index (χ3n) is 11.6. The van der Waals surface area contributed by atoms with Crippen molar-refractivity contribution >= 4 is 122 Å². The standard InChI is InChI=1S/C52H49Cl7N2O15/c1-66-46(64)43-42(41(69-27-31-15-7-3-8-16-31)44(48(75-43)76-49(60)52(57,58)59)73-45(63)34-18-9-4-10-19-34)74-47-38(61-50(65)70-29-51(54,55)56)40(68-26-30-13-5-2-6-14-30)39(72-37(62)24-53)36(71-47)28-67-25-32-21-22-33-17-11-12-20-35(33)23-32/h2-23,36,38-44,47-48,60H,24-29H2,1H3,(H,61,65)/t36-,38-,39-,40-,41+,42+,43+,44-,47-,48+/m1/s1. The molecule has 2 saturated heterocycles. The van der Waals surface area contributed by atoms with Gasteiger partial charge in [0.2, 0.25) is 16.0 Å². The highest BCUT2D eigenvalue weighted by atomic mass is 35.6. The van der Waals surface area contributed by atoms with Crippen molar-refractivity contribution in [3.05, 3.63) is 156 Å². The maximum atomic E-state index is 14.1. The van der Waals surface area contributed by atoms with Crippen LogP contribution in [0.5, 0.6) is 0 Å². The average Bonchev–Trinajstić information content (AvgIpc) is 3.41. The molecule has 76 heavy (non-hydrogen) atoms. The second kappa shape index (κ2) is 27.8. The molecule has 2 aliphatic rings. The number of nitrogens with one attached hydrogen (secondary N) is 2. The summed E-state index contributed by atoms with van der Waals surface area (Å²) in [6.07, 6.45) is -16.4. The SMILES string of the molecule is COC(=O)[C@H]1O[C@@H](OC(=N)C(Cl)(Cl)Cl)[C@H](OC(=O)c2ccccc2)[C@@H](OCc2ccccc2)[C@@H]1O[C@H]1O[C@H](COCc2ccc3ccccc3c2)[C@@H](OC(=O)CCl)[C@H](OCc2ccccc2)[C@H]1NC(=O)OCC(Cl)(Cl)Cl. The molecule has 1 amide bonds. The lowest BCUT2D eigenvalue weighted by atomic mass is 9.94. The summed E-state index contributed by atoms with van der Waals surface area (Å²) in [7, 11) is 1.05. The van der Waals surface area contributed by atoms with Crippen molar-refractivity contribution in [1.29, 1.82) is 5.41 Å². The fraction of sp³-hybridized carbons (Fsp3) is 0.365. The molecule has 7 rings (SSSR count). The van der Waals surface area contributed by atoms with E-state index in [0.717, 1.165) is 23.4 Å². The van der Waals surface area contributed by atoms with E-state index in [1.54, 1.807) is 78.9 Å². The maximum Gasteiger partial charge on any atom is 0.407 e. The van der Waals surface area contributed by atoms with Gasteiger partial charge in [-0.25, -0.2) is 14.4 Å². The van der Waals surface area contributed by atoms with Crippen molar-refractivity contribution in [3.8, 4) is 0 Å². The van der Waals surface area contributed by atoms with E-state index in [2.05, 4.69) is 5.32 Å². The van der Waals surface area contributed by atoms with Crippen LogP contribution < -0.4 is 5.32 Å². The normalized spacial score (nSPS) is 23.7. The van der Waals surface area contributed by atoms with Crippen LogP contribution in [-0.2, 0) is 81.5 Å². The quantitative estimate of drug-likeness (QED) is 0.0245. The molecule has 0 bridgehead atoms. The van der Waals surface area contributed by atoms with Crippen LogP contribution in [0.15, 0.2) is 133 Å². The Hall–Kier alpha value is -4.70. The summed E-state index contributed by atoms with van der Waals surface area (Å²) in [6.45, 7) is -1.45. The van der Waals surface area contributed by atoms with Crippen LogP contribution in [0.2, 0.25) is 0 Å². The lowest BCUT2D eigenvalue weighted by Crippen LogP contribution is -2.69. The number of rotatable bonds is 20. The number of carbonyl (C=O) groups excluding carboxylic acids is 4. The third-order valence-corrected chi connectivity index (χ3v) is 12.6. The summed E-state index contributed by atoms with van der Waals surface area (Å²) in [4.78, 5) is 55.4. The highest BCUT2D eigenvalue weighted by Crippen LogP contribution is 2.38. The Morgan fingerprint density at radius 2 is 1.24 bits per heavy atom. The second-order valence-electron chi connectivity index (χ2n) is 16.9. The van der Waals surface area contributed by atoms with E-state index < -0.39 is 111 Å². The number of halogens is 7. The van der Waals surface area contributed by atoms with Crippen LogP contribution in [0.1, 0.15) is 27.0 Å². The number of methoxy groups -OCH3 is 1. The first-order valence-electron chi connectivity index (χ1n) is 23.2. The minimum atomic E-state index is -2.49. The monoisotopic (exact) mass is 1190 g/mol. The Labute approximate surface area is 471 Å². The molecule has 0 unspecified atom stereocenters. The van der Waals surface area contributed by atoms with Gasteiger partial charge < -0.3 is 57.4 Å². The van der Waals surface area contributed by atoms with E-state index in [0.29, 0.717) is 11.1 Å². The van der Waals surface area contributed by atoms with Gasteiger partial charge in [-0.3, -0.25) is 10.2 Å². The Kier molecular flexibility index (Phi) is 21.5. The van der Waals surface area contributed by atoms with Crippen LogP contribution in [0.3, 0.4) is 0 Å². The summed E-state index contributed by atoms with van der Waals surface area (Å²) in [6, 6.07) is 37.3. The van der Waals surface area contributed by atoms with E-state index in [-0.39, 0.29) is 32.0 Å². The second-order valence-corrected chi connectivity index (χ2v) is 22.0. The van der Waals surface area contributed by atoms with Gasteiger partial charge in [0.05, 0.1) is 39.1 Å². The van der Waals surface area contributed by atoms with Crippen LogP contribution in [0.4, 0.5) is 4.79 Å². The molecule has 5 aromatic rings. The first-order valence-corrected chi connectivity index (χ1v) is 26.0. The summed E-state index contributed by atoms with van der Waals surface area (Å²) in [5.74, 6) is -4.57. The molecule has 2 fully saturated rings. The smallest absolute Gasteiger partial charge is 0.407 e. The van der Waals surface area contributed by atoms with Crippen molar-refractivity contribution < 1.29 is 71.3 Å². The number of fused-ring (bicyclic) bond motifs is 1. The molecule has 10 atom stereocenters. The van der Waals surface area contributed by atoms with Crippen LogP contribution in [0.25, 0.3) is 10.8 Å². The highest BCUT2D eigenvalue weighted by Gasteiger charge is 2.58. The molecule has 0 spiro atoms. The summed E-state index contributed by atoms with van der Waals surface area (Å²) >= 11 is 42.2. The number of amides is 1. The molecule has 17 nitrogen and oxygen atoms in total. The zero-order chi connectivity index (χ0) is 54.4. The van der Waals surface area contributed by atoms with Crippen molar-refractivity contribution in [3.63, 3.8) is 0 Å². The molecule has 2 aliphatic heterocycles. The Morgan fingerprint density at radius 3 is 1.84 bits per heavy atom. The fourth-order valence-electron chi connectivity index (χ4n) is 8.09. The van der Waals surface area contributed by atoms with Crippen LogP contribution in [-0.4, -0.2) is 125 Å². The van der Waals surface area contributed by atoms with Gasteiger partial charge in [-0.2, -0.15) is 0 Å². The van der Waals surface area contributed by atoms with Gasteiger partial charge in [-0.15, -0.1) is 11.6 Å². The highest BCUT2D eigenvalue weighted by molar-refractivity contribution is 6.76. The first-order chi connectivity index (χ1) is 36.4. The van der Waals surface area contributed by atoms with E-state index in [4.69, 9.17) is 139 Å². The van der Waals surface area contributed by atoms with Crippen molar-refractivity contribution in [2.75, 3.05) is 26.2 Å². The molecule has 0 aromatic heterocycles. The molecule has 5 aromatic carbocycles. The number of hydrogen-bond donors (Lipinski definition) is 2. The molecule has 0 aliphatic carbocycles. The van der Waals surface area contributed by atoms with Gasteiger partial charge in [0, 0.05) is 0 Å². The zero-order valence-corrected chi connectivity index (χ0v) is 45.3. The summed E-state index contributed by atoms with van der Waals surface area (Å²) in [5, 5.41) is 13.1. The van der Waals surface area contributed by atoms with Crippen molar-refractivity contribution in [1.82, 2.24) is 5.32 Å². The van der Waals surface area contributed by atoms with Gasteiger partial charge in [0.25, 0.3) is 3.79 Å². The molecule has 2 heterocycles. The molecule has 2 N–H and O–H groups in total. The lowest BCUT2D eigenvalue weighted by molar-refractivity contribution is -0.342. The van der Waals surface area contributed by atoms with Gasteiger partial charge >= 0.3 is 24.0 Å². The largest absolute Gasteiger partial charge is 0.467 e. The zero-order valence-electron chi connectivity index (χ0n) is 40.0. The Bertz CT molecular complexity index is 2720. The van der Waals surface area contributed by atoms with E-state index in [9.17, 15) is 19.2 Å². The number of benzene rings is 5. The minimum absolute atomic E-state index is 0.0301. The predicted octanol–water partition coefficient (Wildman–Crippen LogP) is 9.74. The van der Waals surface area contributed by atoms with Gasteiger partial charge in [-0.05, 0) is 45.7 Å². The molecule has 0 radical (unpaired) electrons. The third kappa shape index (κ3) is 16.7. The summed E-state index contributed by atoms with van der Waals surface area (Å²) < 4.78 is 63.1.